The molecule has 0 aliphatic rings. The average Bonchev–Trinajstić information content (AvgIpc) is 2.77. The summed E-state index contributed by atoms with van der Waals surface area (Å²) in [4.78, 5) is 33.4. The average molecular weight is 403 g/mol. The van der Waals surface area contributed by atoms with Crippen LogP contribution in [0.5, 0.6) is 0 Å². The summed E-state index contributed by atoms with van der Waals surface area (Å²) < 4.78 is 1.47. The van der Waals surface area contributed by atoms with Gasteiger partial charge in [-0.15, -0.1) is 0 Å². The van der Waals surface area contributed by atoms with Crippen LogP contribution in [0.1, 0.15) is 27.0 Å². The highest BCUT2D eigenvalue weighted by atomic mass is 16.1. The Bertz CT molecular complexity index is 1090. The number of pyridine rings is 2. The Morgan fingerprint density at radius 3 is 2.77 bits per heavy atom. The van der Waals surface area contributed by atoms with Crippen molar-refractivity contribution in [3.63, 3.8) is 0 Å². The summed E-state index contributed by atoms with van der Waals surface area (Å²) >= 11 is 0. The molecule has 0 aliphatic heterocycles. The van der Waals surface area contributed by atoms with Crippen molar-refractivity contribution in [2.24, 2.45) is 10.7 Å². The van der Waals surface area contributed by atoms with Crippen LogP contribution in [0.2, 0.25) is 0 Å². The Morgan fingerprint density at radius 2 is 2.00 bits per heavy atom. The first kappa shape index (κ1) is 21.3. The predicted octanol–water partition coefficient (Wildman–Crippen LogP) is 2.04. The van der Waals surface area contributed by atoms with Gasteiger partial charge in [-0.3, -0.25) is 14.2 Å². The van der Waals surface area contributed by atoms with Gasteiger partial charge in [0, 0.05) is 48.4 Å². The Balaban J connectivity index is 1.77. The fourth-order valence-corrected chi connectivity index (χ4v) is 3.15. The molecule has 0 fully saturated rings. The number of rotatable bonds is 8. The number of benzene rings is 1. The monoisotopic (exact) mass is 403 g/mol. The number of hydrogen-bond donors (Lipinski definition) is 2. The smallest absolute Gasteiger partial charge is 0.277 e. The Hall–Kier alpha value is -3.42. The first-order chi connectivity index (χ1) is 14.6. The van der Waals surface area contributed by atoms with Crippen LogP contribution < -0.4 is 16.6 Å². The number of carbonyl (C=O) groups is 1. The number of carbonyl (C=O) groups excluding carboxylic acids is 1. The molecule has 3 N–H and O–H groups in total. The molecule has 2 heterocycles. The van der Waals surface area contributed by atoms with E-state index in [-0.39, 0.29) is 12.1 Å². The van der Waals surface area contributed by atoms with Gasteiger partial charge in [-0.2, -0.15) is 0 Å². The fourth-order valence-electron chi connectivity index (χ4n) is 3.15. The lowest BCUT2D eigenvalue weighted by molar-refractivity contribution is 0.100. The number of nitrogens with zero attached hydrogens (tertiary/aromatic N) is 3. The van der Waals surface area contributed by atoms with E-state index in [4.69, 9.17) is 5.73 Å². The molecule has 30 heavy (non-hydrogen) atoms. The summed E-state index contributed by atoms with van der Waals surface area (Å²) in [5, 5.41) is 3.32. The van der Waals surface area contributed by atoms with Gasteiger partial charge >= 0.3 is 0 Å². The zero-order valence-corrected chi connectivity index (χ0v) is 16.9. The summed E-state index contributed by atoms with van der Waals surface area (Å²) in [6, 6.07) is 15.4. The lowest BCUT2D eigenvalue weighted by Gasteiger charge is -2.12. The summed E-state index contributed by atoms with van der Waals surface area (Å²) in [6.45, 7) is 3.15. The van der Waals surface area contributed by atoms with E-state index in [2.05, 4.69) is 27.4 Å². The van der Waals surface area contributed by atoms with Crippen LogP contribution in [0.3, 0.4) is 0 Å². The molecule has 0 radical (unpaired) electrons. The van der Waals surface area contributed by atoms with Crippen molar-refractivity contribution >= 4 is 12.1 Å². The number of nitrogens with two attached hydrogens (primary N) is 1. The van der Waals surface area contributed by atoms with Gasteiger partial charge in [0.25, 0.3) is 11.5 Å². The first-order valence-electron chi connectivity index (χ1n) is 9.80. The maximum absolute atomic E-state index is 13.0. The molecule has 0 aliphatic carbocycles. The van der Waals surface area contributed by atoms with Gasteiger partial charge < -0.3 is 11.1 Å². The Labute approximate surface area is 175 Å². The third kappa shape index (κ3) is 5.14. The van der Waals surface area contributed by atoms with Crippen LogP contribution in [-0.4, -0.2) is 34.8 Å². The van der Waals surface area contributed by atoms with Crippen molar-refractivity contribution in [3.8, 4) is 5.82 Å². The highest BCUT2D eigenvalue weighted by Gasteiger charge is 2.14. The van der Waals surface area contributed by atoms with Crippen molar-refractivity contribution in [1.29, 1.82) is 0 Å². The SMILES string of the molecule is Cc1c(C(=O)N=CCN)ccnc1-n1cccc(CNCCc2ccccc2)c1=O. The molecule has 0 spiro atoms. The van der Waals surface area contributed by atoms with Crippen LogP contribution in [-0.2, 0) is 13.0 Å². The van der Waals surface area contributed by atoms with Gasteiger partial charge in [-0.05, 0) is 37.6 Å². The number of nitrogens with one attached hydrogen (secondary N) is 1. The lowest BCUT2D eigenvalue weighted by Crippen LogP contribution is -2.27. The van der Waals surface area contributed by atoms with Crippen molar-refractivity contribution in [2.45, 2.75) is 19.9 Å². The number of aliphatic imine (C=N–C) groups is 1. The van der Waals surface area contributed by atoms with E-state index >= 15 is 0 Å². The molecule has 154 valence electrons. The van der Waals surface area contributed by atoms with Crippen LogP contribution in [0.4, 0.5) is 0 Å². The van der Waals surface area contributed by atoms with Gasteiger partial charge in [0.1, 0.15) is 5.82 Å². The molecule has 3 aromatic rings. The maximum Gasteiger partial charge on any atom is 0.277 e. The minimum absolute atomic E-state index is 0.171. The maximum atomic E-state index is 13.0. The second kappa shape index (κ2) is 10.4. The van der Waals surface area contributed by atoms with E-state index in [1.54, 1.807) is 31.3 Å². The molecule has 7 nitrogen and oxygen atoms in total. The fraction of sp³-hybridized carbons (Fsp3) is 0.217. The predicted molar refractivity (Wildman–Crippen MR) is 118 cm³/mol. The molecule has 1 aromatic carbocycles. The molecule has 0 atom stereocenters. The molecule has 1 amide bonds. The van der Waals surface area contributed by atoms with Crippen LogP contribution in [0.15, 0.2) is 70.7 Å². The van der Waals surface area contributed by atoms with Crippen LogP contribution in [0.25, 0.3) is 5.82 Å². The summed E-state index contributed by atoms with van der Waals surface area (Å²) in [5.74, 6) is 0.00770. The van der Waals surface area contributed by atoms with E-state index in [0.717, 1.165) is 13.0 Å². The van der Waals surface area contributed by atoms with E-state index in [1.807, 2.05) is 18.2 Å². The summed E-state index contributed by atoms with van der Waals surface area (Å²) in [6.07, 6.45) is 5.40. The molecular weight excluding hydrogens is 378 g/mol. The lowest BCUT2D eigenvalue weighted by atomic mass is 10.1. The number of aromatic nitrogens is 2. The minimum Gasteiger partial charge on any atom is -0.326 e. The van der Waals surface area contributed by atoms with Crippen molar-refractivity contribution in [2.75, 3.05) is 13.1 Å². The van der Waals surface area contributed by atoms with Crippen molar-refractivity contribution < 1.29 is 4.79 Å². The topological polar surface area (TPSA) is 102 Å². The van der Waals surface area contributed by atoms with E-state index in [1.165, 1.54) is 22.5 Å². The molecule has 0 bridgehead atoms. The highest BCUT2D eigenvalue weighted by molar-refractivity contribution is 6.00. The summed E-state index contributed by atoms with van der Waals surface area (Å²) in [5.41, 5.74) is 8.05. The zero-order chi connectivity index (χ0) is 21.3. The largest absolute Gasteiger partial charge is 0.326 e. The Morgan fingerprint density at radius 1 is 1.20 bits per heavy atom. The molecule has 3 rings (SSSR count). The second-order valence-electron chi connectivity index (χ2n) is 6.78. The molecule has 0 saturated heterocycles. The quantitative estimate of drug-likeness (QED) is 0.443. The third-order valence-corrected chi connectivity index (χ3v) is 4.72. The highest BCUT2D eigenvalue weighted by Crippen LogP contribution is 2.15. The van der Waals surface area contributed by atoms with Gasteiger partial charge in [-0.1, -0.05) is 36.4 Å². The van der Waals surface area contributed by atoms with Gasteiger partial charge in [0.15, 0.2) is 0 Å². The van der Waals surface area contributed by atoms with Crippen molar-refractivity contribution in [1.82, 2.24) is 14.9 Å². The molecule has 7 heteroatoms. The van der Waals surface area contributed by atoms with Crippen LogP contribution in [0, 0.1) is 6.92 Å². The first-order valence-corrected chi connectivity index (χ1v) is 9.80. The van der Waals surface area contributed by atoms with Gasteiger partial charge in [0.05, 0.1) is 0 Å². The molecule has 0 unspecified atom stereocenters. The molecule has 0 saturated carbocycles. The van der Waals surface area contributed by atoms with E-state index in [0.29, 0.717) is 29.1 Å². The van der Waals surface area contributed by atoms with E-state index < -0.39 is 5.91 Å². The molecular formula is C23H25N5O2. The van der Waals surface area contributed by atoms with Crippen molar-refractivity contribution in [3.05, 3.63) is 93.5 Å². The number of hydrogen-bond acceptors (Lipinski definition) is 5. The van der Waals surface area contributed by atoms with Gasteiger partial charge in [0.2, 0.25) is 0 Å². The Kier molecular flexibility index (Phi) is 7.37. The standard InChI is InChI=1S/C23H25N5O2/c1-17-20(22(29)27-14-11-24)10-13-26-21(17)28-15-5-8-19(23(28)30)16-25-12-9-18-6-3-2-4-7-18/h2-8,10,13-15,25H,9,11-12,16,24H2,1H3. The normalized spacial score (nSPS) is 11.1. The minimum atomic E-state index is -0.409. The summed E-state index contributed by atoms with van der Waals surface area (Å²) in [7, 11) is 0. The van der Waals surface area contributed by atoms with E-state index in [9.17, 15) is 9.59 Å². The second-order valence-corrected chi connectivity index (χ2v) is 6.78. The zero-order valence-electron chi connectivity index (χ0n) is 16.9. The third-order valence-electron chi connectivity index (χ3n) is 4.72. The van der Waals surface area contributed by atoms with Crippen LogP contribution >= 0.6 is 0 Å². The van der Waals surface area contributed by atoms with Gasteiger partial charge in [-0.25, -0.2) is 9.98 Å². The molecule has 2 aromatic heterocycles. The number of amides is 1.